The number of hydrogen-bond donors (Lipinski definition) is 2. The van der Waals surface area contributed by atoms with E-state index in [9.17, 15) is 9.90 Å². The molecule has 0 saturated carbocycles. The molecule has 0 aliphatic carbocycles. The number of aromatic amines is 1. The van der Waals surface area contributed by atoms with Gasteiger partial charge in [-0.05, 0) is 37.8 Å². The van der Waals surface area contributed by atoms with Gasteiger partial charge in [-0.3, -0.25) is 9.69 Å². The highest BCUT2D eigenvalue weighted by Gasteiger charge is 2.17. The Kier molecular flexibility index (Phi) is 6.33. The van der Waals surface area contributed by atoms with Crippen LogP contribution in [0.3, 0.4) is 0 Å². The molecule has 1 atom stereocenters. The Hall–Kier alpha value is -2.02. The first kappa shape index (κ1) is 20.7. The van der Waals surface area contributed by atoms with Crippen molar-refractivity contribution in [3.8, 4) is 11.1 Å². The van der Waals surface area contributed by atoms with Crippen LogP contribution >= 0.6 is 11.3 Å². The van der Waals surface area contributed by atoms with Crippen molar-refractivity contribution in [1.29, 1.82) is 0 Å². The number of H-pyrrole nitrogens is 1. The number of nitrogens with one attached hydrogen (secondary N) is 1. The molecular formula is C22H29N3O2S. The lowest BCUT2D eigenvalue weighted by Gasteiger charge is -2.24. The lowest BCUT2D eigenvalue weighted by molar-refractivity contribution is 0.113. The van der Waals surface area contributed by atoms with E-state index in [1.54, 1.807) is 6.92 Å². The zero-order chi connectivity index (χ0) is 20.4. The fourth-order valence-electron chi connectivity index (χ4n) is 3.69. The van der Waals surface area contributed by atoms with Crippen molar-refractivity contribution in [1.82, 2.24) is 14.9 Å². The van der Waals surface area contributed by atoms with Gasteiger partial charge in [0.15, 0.2) is 0 Å². The zero-order valence-electron chi connectivity index (χ0n) is 17.2. The van der Waals surface area contributed by atoms with Crippen LogP contribution in [0.15, 0.2) is 28.4 Å². The molecule has 3 rings (SSSR count). The van der Waals surface area contributed by atoms with Gasteiger partial charge in [-0.15, -0.1) is 11.3 Å². The number of rotatable bonds is 7. The molecule has 0 amide bonds. The van der Waals surface area contributed by atoms with Gasteiger partial charge in [-0.25, -0.2) is 4.98 Å². The van der Waals surface area contributed by atoms with Crippen molar-refractivity contribution >= 4 is 21.6 Å². The smallest absolute Gasteiger partial charge is 0.260 e. The second-order valence-electron chi connectivity index (χ2n) is 8.10. The van der Waals surface area contributed by atoms with E-state index < -0.39 is 6.10 Å². The summed E-state index contributed by atoms with van der Waals surface area (Å²) in [6.45, 7) is 12.1. The Morgan fingerprint density at radius 2 is 1.93 bits per heavy atom. The van der Waals surface area contributed by atoms with Crippen LogP contribution in [0.5, 0.6) is 0 Å². The molecule has 0 bridgehead atoms. The summed E-state index contributed by atoms with van der Waals surface area (Å²) in [6.07, 6.45) is -0.424. The predicted molar refractivity (Wildman–Crippen MR) is 117 cm³/mol. The highest BCUT2D eigenvalue weighted by molar-refractivity contribution is 7.17. The maximum absolute atomic E-state index is 12.9. The molecule has 0 saturated heterocycles. The SMILES string of the molecule is Cc1ccc(-c2csc3nc(CN(CC(C)C)CC(C)O)[nH]c(=O)c23)c(C)c1. The molecule has 5 nitrogen and oxygen atoms in total. The third-order valence-electron chi connectivity index (χ3n) is 4.68. The predicted octanol–water partition coefficient (Wildman–Crippen LogP) is 4.11. The number of benzene rings is 1. The fourth-order valence-corrected chi connectivity index (χ4v) is 4.65. The molecule has 6 heteroatoms. The normalized spacial score (nSPS) is 13.0. The van der Waals surface area contributed by atoms with E-state index in [-0.39, 0.29) is 5.56 Å². The Morgan fingerprint density at radius 3 is 2.57 bits per heavy atom. The van der Waals surface area contributed by atoms with Crippen LogP contribution < -0.4 is 5.56 Å². The van der Waals surface area contributed by atoms with Crippen LogP contribution in [-0.2, 0) is 6.54 Å². The van der Waals surface area contributed by atoms with E-state index in [1.807, 2.05) is 5.38 Å². The van der Waals surface area contributed by atoms with Gasteiger partial charge in [0.05, 0.1) is 18.0 Å². The van der Waals surface area contributed by atoms with Crippen molar-refractivity contribution in [2.24, 2.45) is 5.92 Å². The van der Waals surface area contributed by atoms with Crippen molar-refractivity contribution in [2.45, 2.75) is 47.3 Å². The summed E-state index contributed by atoms with van der Waals surface area (Å²) >= 11 is 1.51. The van der Waals surface area contributed by atoms with Gasteiger partial charge < -0.3 is 10.1 Å². The standard InChI is InChI=1S/C22H29N3O2S/c1-13(2)9-25(10-16(5)26)11-19-23-21(27)20-18(12-28-22(20)24-19)17-7-6-14(3)8-15(17)4/h6-8,12-13,16,26H,9-11H2,1-5H3,(H,23,24,27). The van der Waals surface area contributed by atoms with Crippen LogP contribution in [0.25, 0.3) is 21.3 Å². The number of thiophene rings is 1. The summed E-state index contributed by atoms with van der Waals surface area (Å²) in [5, 5.41) is 12.5. The monoisotopic (exact) mass is 399 g/mol. The van der Waals surface area contributed by atoms with E-state index in [0.717, 1.165) is 28.1 Å². The average Bonchev–Trinajstić information content (AvgIpc) is 2.97. The molecule has 0 fully saturated rings. The summed E-state index contributed by atoms with van der Waals surface area (Å²) in [5.41, 5.74) is 4.28. The van der Waals surface area contributed by atoms with Gasteiger partial charge in [-0.1, -0.05) is 37.6 Å². The molecule has 0 aliphatic rings. The summed E-state index contributed by atoms with van der Waals surface area (Å²) in [7, 11) is 0. The number of aliphatic hydroxyl groups is 1. The molecule has 2 N–H and O–H groups in total. The first-order chi connectivity index (χ1) is 13.2. The highest BCUT2D eigenvalue weighted by Crippen LogP contribution is 2.33. The number of nitrogens with zero attached hydrogens (tertiary/aromatic N) is 2. The van der Waals surface area contributed by atoms with Crippen LogP contribution in [0.4, 0.5) is 0 Å². The van der Waals surface area contributed by atoms with Crippen LogP contribution in [0, 0.1) is 19.8 Å². The molecule has 0 aliphatic heterocycles. The topological polar surface area (TPSA) is 69.2 Å². The maximum atomic E-state index is 12.9. The van der Waals surface area contributed by atoms with Gasteiger partial charge in [0.2, 0.25) is 0 Å². The van der Waals surface area contributed by atoms with Crippen LogP contribution in [-0.4, -0.2) is 39.2 Å². The summed E-state index contributed by atoms with van der Waals surface area (Å²) < 4.78 is 0. The third-order valence-corrected chi connectivity index (χ3v) is 5.56. The minimum absolute atomic E-state index is 0.0993. The molecule has 2 aromatic heterocycles. The minimum atomic E-state index is -0.424. The van der Waals surface area contributed by atoms with E-state index in [2.05, 4.69) is 55.8 Å². The quantitative estimate of drug-likeness (QED) is 0.627. The largest absolute Gasteiger partial charge is 0.392 e. The molecule has 28 heavy (non-hydrogen) atoms. The number of aryl methyl sites for hydroxylation is 2. The van der Waals surface area contributed by atoms with Gasteiger partial charge >= 0.3 is 0 Å². The molecule has 150 valence electrons. The van der Waals surface area contributed by atoms with Crippen molar-refractivity contribution in [3.05, 3.63) is 50.9 Å². The van der Waals surface area contributed by atoms with E-state index in [0.29, 0.717) is 30.2 Å². The Morgan fingerprint density at radius 1 is 1.18 bits per heavy atom. The molecule has 1 unspecified atom stereocenters. The summed E-state index contributed by atoms with van der Waals surface area (Å²) in [5.74, 6) is 1.11. The van der Waals surface area contributed by atoms with Gasteiger partial charge in [-0.2, -0.15) is 0 Å². The minimum Gasteiger partial charge on any atom is -0.392 e. The Labute approximate surface area is 170 Å². The highest BCUT2D eigenvalue weighted by atomic mass is 32.1. The summed E-state index contributed by atoms with van der Waals surface area (Å²) in [6, 6.07) is 6.28. The second-order valence-corrected chi connectivity index (χ2v) is 8.96. The second kappa shape index (κ2) is 8.55. The van der Waals surface area contributed by atoms with Crippen molar-refractivity contribution in [3.63, 3.8) is 0 Å². The lowest BCUT2D eigenvalue weighted by Crippen LogP contribution is -2.34. The number of aliphatic hydroxyl groups excluding tert-OH is 1. The van der Waals surface area contributed by atoms with Gasteiger partial charge in [0.1, 0.15) is 10.7 Å². The molecular weight excluding hydrogens is 370 g/mol. The van der Waals surface area contributed by atoms with Crippen molar-refractivity contribution < 1.29 is 5.11 Å². The number of fused-ring (bicyclic) bond motifs is 1. The molecule has 0 radical (unpaired) electrons. The lowest BCUT2D eigenvalue weighted by atomic mass is 9.99. The molecule has 2 heterocycles. The van der Waals surface area contributed by atoms with E-state index in [1.165, 1.54) is 16.9 Å². The van der Waals surface area contributed by atoms with Crippen LogP contribution in [0.2, 0.25) is 0 Å². The molecule has 3 aromatic rings. The van der Waals surface area contributed by atoms with E-state index in [4.69, 9.17) is 4.98 Å². The molecule has 0 spiro atoms. The van der Waals surface area contributed by atoms with Crippen molar-refractivity contribution in [2.75, 3.05) is 13.1 Å². The summed E-state index contributed by atoms with van der Waals surface area (Å²) in [4.78, 5) is 23.5. The Balaban J connectivity index is 1.97. The van der Waals surface area contributed by atoms with Gasteiger partial charge in [0, 0.05) is 24.0 Å². The van der Waals surface area contributed by atoms with E-state index >= 15 is 0 Å². The van der Waals surface area contributed by atoms with Crippen LogP contribution in [0.1, 0.15) is 37.7 Å². The first-order valence-corrected chi connectivity index (χ1v) is 10.6. The number of aromatic nitrogens is 2. The Bertz CT molecular complexity index is 1010. The third kappa shape index (κ3) is 4.69. The van der Waals surface area contributed by atoms with Gasteiger partial charge in [0.25, 0.3) is 5.56 Å². The number of hydrogen-bond acceptors (Lipinski definition) is 5. The molecule has 1 aromatic carbocycles. The fraction of sp³-hybridized carbons (Fsp3) is 0.455. The maximum Gasteiger partial charge on any atom is 0.260 e. The first-order valence-electron chi connectivity index (χ1n) is 9.73. The average molecular weight is 400 g/mol. The zero-order valence-corrected chi connectivity index (χ0v) is 18.1.